The molecular weight excluding hydrogens is 358 g/mol. The van der Waals surface area contributed by atoms with E-state index in [4.69, 9.17) is 4.74 Å². The Morgan fingerprint density at radius 2 is 1.77 bits per heavy atom. The fourth-order valence-corrected chi connectivity index (χ4v) is 3.38. The number of methoxy groups -OCH3 is 1. The summed E-state index contributed by atoms with van der Waals surface area (Å²) in [5.41, 5.74) is 0.268. The number of hydrogen-bond acceptors (Lipinski definition) is 5. The molecule has 2 atom stereocenters. The summed E-state index contributed by atoms with van der Waals surface area (Å²) in [6.45, 7) is 6.00. The highest BCUT2D eigenvalue weighted by Crippen LogP contribution is 2.11. The topological polar surface area (TPSA) is 114 Å². The predicted molar refractivity (Wildman–Crippen MR) is 98.3 cm³/mol. The lowest BCUT2D eigenvalue weighted by molar-refractivity contribution is -0.122. The van der Waals surface area contributed by atoms with E-state index >= 15 is 0 Å². The van der Waals surface area contributed by atoms with Crippen LogP contribution in [0.2, 0.25) is 0 Å². The fraction of sp³-hybridized carbons (Fsp3) is 0.529. The van der Waals surface area contributed by atoms with Gasteiger partial charge in [0.1, 0.15) is 6.04 Å². The van der Waals surface area contributed by atoms with E-state index in [1.165, 1.54) is 31.4 Å². The third-order valence-corrected chi connectivity index (χ3v) is 5.10. The molecule has 0 heterocycles. The Balaban J connectivity index is 2.74. The number of rotatable bonds is 10. The van der Waals surface area contributed by atoms with Crippen molar-refractivity contribution in [2.45, 2.75) is 44.2 Å². The molecule has 0 aliphatic rings. The lowest BCUT2D eigenvalue weighted by atomic mass is 10.2. The average Bonchev–Trinajstić information content (AvgIpc) is 2.59. The molecule has 0 spiro atoms. The summed E-state index contributed by atoms with van der Waals surface area (Å²) in [6, 6.07) is 4.43. The van der Waals surface area contributed by atoms with E-state index in [0.717, 1.165) is 6.42 Å². The fourth-order valence-electron chi connectivity index (χ4n) is 2.15. The molecule has 0 saturated carbocycles. The van der Waals surface area contributed by atoms with Crippen LogP contribution in [-0.4, -0.2) is 52.6 Å². The molecule has 1 aromatic carbocycles. The van der Waals surface area contributed by atoms with Gasteiger partial charge in [0.05, 0.1) is 11.5 Å². The number of sulfonamides is 1. The summed E-state index contributed by atoms with van der Waals surface area (Å²) in [4.78, 5) is 24.0. The molecule has 26 heavy (non-hydrogen) atoms. The van der Waals surface area contributed by atoms with Crippen LogP contribution in [0.3, 0.4) is 0 Å². The van der Waals surface area contributed by atoms with Gasteiger partial charge in [0.15, 0.2) is 0 Å². The largest absolute Gasteiger partial charge is 0.383 e. The molecule has 0 saturated heterocycles. The van der Waals surface area contributed by atoms with Crippen LogP contribution in [0, 0.1) is 0 Å². The van der Waals surface area contributed by atoms with Crippen molar-refractivity contribution >= 4 is 21.8 Å². The summed E-state index contributed by atoms with van der Waals surface area (Å²) in [5, 5.41) is 5.27. The second-order valence-corrected chi connectivity index (χ2v) is 7.70. The molecule has 1 aromatic rings. The maximum absolute atomic E-state index is 12.2. The highest BCUT2D eigenvalue weighted by Gasteiger charge is 2.19. The minimum Gasteiger partial charge on any atom is -0.383 e. The van der Waals surface area contributed by atoms with E-state index < -0.39 is 22.0 Å². The lowest BCUT2D eigenvalue weighted by Gasteiger charge is -2.15. The number of carbonyl (C=O) groups excluding carboxylic acids is 2. The molecule has 0 aromatic heterocycles. The molecule has 0 unspecified atom stereocenters. The first-order chi connectivity index (χ1) is 12.2. The van der Waals surface area contributed by atoms with Gasteiger partial charge < -0.3 is 15.4 Å². The minimum atomic E-state index is -3.70. The third-order valence-electron chi connectivity index (χ3n) is 3.49. The highest BCUT2D eigenvalue weighted by atomic mass is 32.2. The number of amides is 2. The van der Waals surface area contributed by atoms with Crippen molar-refractivity contribution in [3.63, 3.8) is 0 Å². The van der Waals surface area contributed by atoms with Crippen molar-refractivity contribution in [1.82, 2.24) is 15.4 Å². The Morgan fingerprint density at radius 1 is 1.15 bits per heavy atom. The van der Waals surface area contributed by atoms with Crippen LogP contribution in [0.5, 0.6) is 0 Å². The SMILES string of the molecule is CCCNC(=O)[C@@H](C)NC(=O)c1ccc(S(=O)(=O)N[C@@H](C)COC)cc1. The van der Waals surface area contributed by atoms with Crippen LogP contribution >= 0.6 is 0 Å². The van der Waals surface area contributed by atoms with Gasteiger partial charge in [0.25, 0.3) is 5.91 Å². The van der Waals surface area contributed by atoms with Crippen molar-refractivity contribution in [3.05, 3.63) is 29.8 Å². The van der Waals surface area contributed by atoms with Gasteiger partial charge >= 0.3 is 0 Å². The minimum absolute atomic E-state index is 0.0470. The number of benzene rings is 1. The molecular formula is C17H27N3O5S. The van der Waals surface area contributed by atoms with E-state index in [9.17, 15) is 18.0 Å². The van der Waals surface area contributed by atoms with Crippen LogP contribution in [0.4, 0.5) is 0 Å². The maximum atomic E-state index is 12.2. The zero-order chi connectivity index (χ0) is 19.7. The van der Waals surface area contributed by atoms with Gasteiger partial charge in [-0.25, -0.2) is 13.1 Å². The quantitative estimate of drug-likeness (QED) is 0.547. The number of ether oxygens (including phenoxy) is 1. The molecule has 3 N–H and O–H groups in total. The first-order valence-electron chi connectivity index (χ1n) is 8.41. The second-order valence-electron chi connectivity index (χ2n) is 5.99. The summed E-state index contributed by atoms with van der Waals surface area (Å²) in [5.74, 6) is -0.718. The molecule has 2 amide bonds. The van der Waals surface area contributed by atoms with Crippen molar-refractivity contribution in [2.24, 2.45) is 0 Å². The molecule has 9 heteroatoms. The summed E-state index contributed by atoms with van der Waals surface area (Å²) >= 11 is 0. The van der Waals surface area contributed by atoms with Gasteiger partial charge in [0.2, 0.25) is 15.9 Å². The van der Waals surface area contributed by atoms with Crippen LogP contribution in [0.1, 0.15) is 37.6 Å². The Morgan fingerprint density at radius 3 is 2.31 bits per heavy atom. The monoisotopic (exact) mass is 385 g/mol. The van der Waals surface area contributed by atoms with E-state index in [2.05, 4.69) is 15.4 Å². The molecule has 0 bridgehead atoms. The number of nitrogens with one attached hydrogen (secondary N) is 3. The van der Waals surface area contributed by atoms with Crippen LogP contribution in [-0.2, 0) is 19.6 Å². The smallest absolute Gasteiger partial charge is 0.251 e. The average molecular weight is 385 g/mol. The molecule has 8 nitrogen and oxygen atoms in total. The van der Waals surface area contributed by atoms with E-state index in [1.807, 2.05) is 6.92 Å². The lowest BCUT2D eigenvalue weighted by Crippen LogP contribution is -2.45. The highest BCUT2D eigenvalue weighted by molar-refractivity contribution is 7.89. The maximum Gasteiger partial charge on any atom is 0.251 e. The molecule has 0 aliphatic heterocycles. The van der Waals surface area contributed by atoms with Gasteiger partial charge in [0, 0.05) is 25.3 Å². The number of carbonyl (C=O) groups is 2. The van der Waals surface area contributed by atoms with Gasteiger partial charge in [-0.1, -0.05) is 6.92 Å². The van der Waals surface area contributed by atoms with Crippen molar-refractivity contribution in [3.8, 4) is 0 Å². The van der Waals surface area contributed by atoms with Crippen LogP contribution in [0.15, 0.2) is 29.2 Å². The number of hydrogen-bond donors (Lipinski definition) is 3. The van der Waals surface area contributed by atoms with Crippen molar-refractivity contribution < 1.29 is 22.7 Å². The van der Waals surface area contributed by atoms with E-state index in [-0.39, 0.29) is 29.0 Å². The van der Waals surface area contributed by atoms with E-state index in [0.29, 0.717) is 6.54 Å². The van der Waals surface area contributed by atoms with E-state index in [1.54, 1.807) is 13.8 Å². The standard InChI is InChI=1S/C17H27N3O5S/c1-5-10-18-16(21)13(3)19-17(22)14-6-8-15(9-7-14)26(23,24)20-12(2)11-25-4/h6-9,12-13,20H,5,10-11H2,1-4H3,(H,18,21)(H,19,22)/t12-,13+/m0/s1. The van der Waals surface area contributed by atoms with Gasteiger partial charge in [-0.3, -0.25) is 9.59 Å². The summed E-state index contributed by atoms with van der Waals surface area (Å²) in [7, 11) is -2.21. The molecule has 0 fully saturated rings. The third kappa shape index (κ3) is 6.74. The molecule has 1 rings (SSSR count). The van der Waals surface area contributed by atoms with Gasteiger partial charge in [-0.15, -0.1) is 0 Å². The van der Waals surface area contributed by atoms with Crippen LogP contribution < -0.4 is 15.4 Å². The first-order valence-corrected chi connectivity index (χ1v) is 9.89. The second kappa shape index (κ2) is 10.2. The Labute approximate surface area is 154 Å². The normalized spacial score (nSPS) is 13.7. The summed E-state index contributed by atoms with van der Waals surface area (Å²) < 4.78 is 31.9. The molecule has 0 aliphatic carbocycles. The zero-order valence-electron chi connectivity index (χ0n) is 15.5. The predicted octanol–water partition coefficient (Wildman–Crippen LogP) is 0.644. The van der Waals surface area contributed by atoms with Gasteiger partial charge in [-0.2, -0.15) is 0 Å². The molecule has 0 radical (unpaired) electrons. The summed E-state index contributed by atoms with van der Waals surface area (Å²) in [6.07, 6.45) is 0.805. The van der Waals surface area contributed by atoms with Crippen molar-refractivity contribution in [1.29, 1.82) is 0 Å². The molecule has 146 valence electrons. The Bertz CT molecular complexity index is 704. The first kappa shape index (κ1) is 22.1. The zero-order valence-corrected chi connectivity index (χ0v) is 16.4. The Hall–Kier alpha value is -1.97. The van der Waals surface area contributed by atoms with Crippen molar-refractivity contribution in [2.75, 3.05) is 20.3 Å². The Kier molecular flexibility index (Phi) is 8.70. The van der Waals surface area contributed by atoms with Gasteiger partial charge in [-0.05, 0) is 44.5 Å². The van der Waals surface area contributed by atoms with Crippen LogP contribution in [0.25, 0.3) is 0 Å².